The second-order valence-electron chi connectivity index (χ2n) is 5.70. The summed E-state index contributed by atoms with van der Waals surface area (Å²) in [6.07, 6.45) is 6.17. The van der Waals surface area contributed by atoms with Gasteiger partial charge in [-0.05, 0) is 32.1 Å². The smallest absolute Gasteiger partial charge is 0.0932 e. The Bertz CT molecular complexity index is 267. The van der Waals surface area contributed by atoms with Crippen molar-refractivity contribution in [1.29, 1.82) is 0 Å². The predicted molar refractivity (Wildman–Crippen MR) is 64.0 cm³/mol. The topological polar surface area (TPSA) is 41.9 Å². The van der Waals surface area contributed by atoms with Crippen LogP contribution in [0.5, 0.6) is 0 Å². The highest BCUT2D eigenvalue weighted by molar-refractivity contribution is 4.97. The quantitative estimate of drug-likeness (QED) is 0.776. The molecule has 4 nitrogen and oxygen atoms in total. The standard InChI is InChI=1S/C13H23NO3/c15-10-12-9-14(5-7-16-12)11-2-6-17-13(8-11)3-1-4-13/h11-12,15H,1-10H2. The molecule has 0 bridgehead atoms. The van der Waals surface area contributed by atoms with Crippen molar-refractivity contribution in [2.75, 3.05) is 32.9 Å². The van der Waals surface area contributed by atoms with Crippen molar-refractivity contribution in [2.24, 2.45) is 0 Å². The highest BCUT2D eigenvalue weighted by Crippen LogP contribution is 2.43. The molecule has 3 aliphatic rings. The molecule has 2 saturated heterocycles. The lowest BCUT2D eigenvalue weighted by molar-refractivity contribution is -0.160. The van der Waals surface area contributed by atoms with Gasteiger partial charge in [-0.15, -0.1) is 0 Å². The molecule has 98 valence electrons. The number of hydrogen-bond donors (Lipinski definition) is 1. The van der Waals surface area contributed by atoms with Gasteiger partial charge < -0.3 is 14.6 Å². The minimum absolute atomic E-state index is 0.0175. The maximum atomic E-state index is 9.19. The maximum Gasteiger partial charge on any atom is 0.0932 e. The molecule has 3 fully saturated rings. The number of ether oxygens (including phenoxy) is 2. The zero-order valence-corrected chi connectivity index (χ0v) is 10.4. The van der Waals surface area contributed by atoms with Gasteiger partial charge in [0.1, 0.15) is 0 Å². The fourth-order valence-electron chi connectivity index (χ4n) is 3.42. The van der Waals surface area contributed by atoms with E-state index < -0.39 is 0 Å². The molecule has 2 unspecified atom stereocenters. The van der Waals surface area contributed by atoms with Crippen LogP contribution in [-0.4, -0.2) is 60.7 Å². The van der Waals surface area contributed by atoms with Gasteiger partial charge in [-0.25, -0.2) is 0 Å². The van der Waals surface area contributed by atoms with Crippen molar-refractivity contribution in [1.82, 2.24) is 4.90 Å². The lowest BCUT2D eigenvalue weighted by atomic mass is 9.73. The third kappa shape index (κ3) is 2.36. The van der Waals surface area contributed by atoms with Gasteiger partial charge in [0, 0.05) is 25.7 Å². The number of morpholine rings is 1. The van der Waals surface area contributed by atoms with Crippen LogP contribution in [0.1, 0.15) is 32.1 Å². The molecule has 1 N–H and O–H groups in total. The Balaban J connectivity index is 1.59. The molecule has 0 aromatic rings. The van der Waals surface area contributed by atoms with E-state index in [-0.39, 0.29) is 18.3 Å². The molecular weight excluding hydrogens is 218 g/mol. The monoisotopic (exact) mass is 241 g/mol. The molecule has 0 radical (unpaired) electrons. The van der Waals surface area contributed by atoms with Gasteiger partial charge >= 0.3 is 0 Å². The van der Waals surface area contributed by atoms with Crippen molar-refractivity contribution in [3.8, 4) is 0 Å². The van der Waals surface area contributed by atoms with Gasteiger partial charge in [0.25, 0.3) is 0 Å². The fraction of sp³-hybridized carbons (Fsp3) is 1.00. The molecule has 4 heteroatoms. The first-order valence-corrected chi connectivity index (χ1v) is 6.92. The summed E-state index contributed by atoms with van der Waals surface area (Å²) in [4.78, 5) is 2.51. The summed E-state index contributed by atoms with van der Waals surface area (Å²) in [6, 6.07) is 0.641. The van der Waals surface area contributed by atoms with Gasteiger partial charge in [-0.2, -0.15) is 0 Å². The molecule has 17 heavy (non-hydrogen) atoms. The van der Waals surface area contributed by atoms with Crippen LogP contribution in [0.15, 0.2) is 0 Å². The molecule has 0 aromatic carbocycles. The number of aliphatic hydroxyl groups is 1. The van der Waals surface area contributed by atoms with Crippen LogP contribution < -0.4 is 0 Å². The minimum Gasteiger partial charge on any atom is -0.394 e. The van der Waals surface area contributed by atoms with E-state index in [1.807, 2.05) is 0 Å². The fourth-order valence-corrected chi connectivity index (χ4v) is 3.42. The van der Waals surface area contributed by atoms with Gasteiger partial charge in [0.2, 0.25) is 0 Å². The average Bonchev–Trinajstić information content (AvgIpc) is 2.37. The van der Waals surface area contributed by atoms with E-state index in [0.717, 1.165) is 32.7 Å². The van der Waals surface area contributed by atoms with Crippen LogP contribution in [0.3, 0.4) is 0 Å². The molecule has 2 heterocycles. The van der Waals surface area contributed by atoms with Gasteiger partial charge in [0.15, 0.2) is 0 Å². The number of aliphatic hydroxyl groups excluding tert-OH is 1. The van der Waals surface area contributed by atoms with Crippen molar-refractivity contribution in [3.63, 3.8) is 0 Å². The van der Waals surface area contributed by atoms with E-state index in [2.05, 4.69) is 4.90 Å². The van der Waals surface area contributed by atoms with Crippen LogP contribution in [-0.2, 0) is 9.47 Å². The number of rotatable bonds is 2. The Morgan fingerprint density at radius 1 is 1.29 bits per heavy atom. The SMILES string of the molecule is OCC1CN(C2CCOC3(CCC3)C2)CCO1. The first-order valence-electron chi connectivity index (χ1n) is 6.92. The summed E-state index contributed by atoms with van der Waals surface area (Å²) in [5.74, 6) is 0. The summed E-state index contributed by atoms with van der Waals surface area (Å²) in [5.41, 5.74) is 0.218. The summed E-state index contributed by atoms with van der Waals surface area (Å²) >= 11 is 0. The molecule has 1 saturated carbocycles. The van der Waals surface area contributed by atoms with Crippen LogP contribution in [0.25, 0.3) is 0 Å². The van der Waals surface area contributed by atoms with Crippen molar-refractivity contribution in [3.05, 3.63) is 0 Å². The lowest BCUT2D eigenvalue weighted by Gasteiger charge is -2.50. The van der Waals surface area contributed by atoms with Crippen molar-refractivity contribution >= 4 is 0 Å². The first kappa shape index (κ1) is 11.9. The van der Waals surface area contributed by atoms with Gasteiger partial charge in [-0.1, -0.05) is 0 Å². The lowest BCUT2D eigenvalue weighted by Crippen LogP contribution is -2.56. The molecule has 0 amide bonds. The van der Waals surface area contributed by atoms with E-state index in [0.29, 0.717) is 6.04 Å². The van der Waals surface area contributed by atoms with E-state index in [1.54, 1.807) is 0 Å². The zero-order chi connectivity index (χ0) is 11.7. The molecule has 2 aliphatic heterocycles. The molecule has 3 rings (SSSR count). The van der Waals surface area contributed by atoms with Crippen LogP contribution >= 0.6 is 0 Å². The van der Waals surface area contributed by atoms with Crippen molar-refractivity contribution < 1.29 is 14.6 Å². The minimum atomic E-state index is 0.0175. The third-order valence-corrected chi connectivity index (χ3v) is 4.62. The summed E-state index contributed by atoms with van der Waals surface area (Å²) < 4.78 is 11.5. The first-order chi connectivity index (χ1) is 8.31. The molecule has 0 aromatic heterocycles. The summed E-state index contributed by atoms with van der Waals surface area (Å²) in [5, 5.41) is 9.19. The Morgan fingerprint density at radius 2 is 2.18 bits per heavy atom. The molecule has 1 aliphatic carbocycles. The highest BCUT2D eigenvalue weighted by atomic mass is 16.5. The van der Waals surface area contributed by atoms with Crippen LogP contribution in [0, 0.1) is 0 Å². The number of nitrogens with zero attached hydrogens (tertiary/aromatic N) is 1. The third-order valence-electron chi connectivity index (χ3n) is 4.62. The van der Waals surface area contributed by atoms with Crippen LogP contribution in [0.2, 0.25) is 0 Å². The normalized spacial score (nSPS) is 37.9. The summed E-state index contributed by atoms with van der Waals surface area (Å²) in [7, 11) is 0. The maximum absolute atomic E-state index is 9.19. The Morgan fingerprint density at radius 3 is 2.88 bits per heavy atom. The van der Waals surface area contributed by atoms with E-state index in [4.69, 9.17) is 9.47 Å². The van der Waals surface area contributed by atoms with Gasteiger partial charge in [-0.3, -0.25) is 4.90 Å². The van der Waals surface area contributed by atoms with Crippen molar-refractivity contribution in [2.45, 2.75) is 49.9 Å². The Hall–Kier alpha value is -0.160. The molecule has 2 atom stereocenters. The van der Waals surface area contributed by atoms with Crippen LogP contribution in [0.4, 0.5) is 0 Å². The van der Waals surface area contributed by atoms with Gasteiger partial charge in [0.05, 0.1) is 24.9 Å². The highest BCUT2D eigenvalue weighted by Gasteiger charge is 2.44. The zero-order valence-electron chi connectivity index (χ0n) is 10.4. The second-order valence-corrected chi connectivity index (χ2v) is 5.70. The van der Waals surface area contributed by atoms with E-state index in [9.17, 15) is 5.11 Å². The molecule has 1 spiro atoms. The Labute approximate surface area is 103 Å². The summed E-state index contributed by atoms with van der Waals surface area (Å²) in [6.45, 7) is 3.71. The van der Waals surface area contributed by atoms with E-state index in [1.165, 1.54) is 25.7 Å². The van der Waals surface area contributed by atoms with E-state index >= 15 is 0 Å². The Kier molecular flexibility index (Phi) is 3.39. The number of hydrogen-bond acceptors (Lipinski definition) is 4. The largest absolute Gasteiger partial charge is 0.394 e. The average molecular weight is 241 g/mol. The second kappa shape index (κ2) is 4.84. The molecular formula is C13H23NO3. The predicted octanol–water partition coefficient (Wildman–Crippen LogP) is 0.781.